The van der Waals surface area contributed by atoms with Gasteiger partial charge in [0.05, 0.1) is 17.1 Å². The number of carbonyl (C=O) groups excluding carboxylic acids is 2. The molecule has 0 unspecified atom stereocenters. The summed E-state index contributed by atoms with van der Waals surface area (Å²) in [5.41, 5.74) is 7.73. The van der Waals surface area contributed by atoms with Crippen LogP contribution in [0.2, 0.25) is 0 Å². The molecule has 0 bridgehead atoms. The lowest BCUT2D eigenvalue weighted by atomic mass is 10.3. The molecule has 1 saturated carbocycles. The van der Waals surface area contributed by atoms with E-state index >= 15 is 0 Å². The molecular weight excluding hydrogens is 248 g/mol. The van der Waals surface area contributed by atoms with E-state index in [0.717, 1.165) is 18.5 Å². The van der Waals surface area contributed by atoms with Gasteiger partial charge in [0, 0.05) is 6.04 Å². The maximum atomic E-state index is 11.6. The molecule has 2 rings (SSSR count). The number of amides is 1. The predicted molar refractivity (Wildman–Crippen MR) is 68.2 cm³/mol. The van der Waals surface area contributed by atoms with Gasteiger partial charge in [-0.15, -0.1) is 0 Å². The number of hydrogen-bond donors (Lipinski definition) is 2. The van der Waals surface area contributed by atoms with E-state index in [1.54, 1.807) is 13.8 Å². The summed E-state index contributed by atoms with van der Waals surface area (Å²) in [4.78, 5) is 22.9. The first-order valence-electron chi connectivity index (χ1n) is 6.22. The van der Waals surface area contributed by atoms with Gasteiger partial charge < -0.3 is 15.8 Å². The molecule has 3 N–H and O–H groups in total. The Balaban J connectivity index is 1.80. The molecule has 1 aromatic rings. The molecule has 1 aromatic heterocycles. The number of ether oxygens (including phenoxy) is 1. The molecule has 7 nitrogen and oxygen atoms in total. The van der Waals surface area contributed by atoms with Crippen LogP contribution in [0.25, 0.3) is 0 Å². The highest BCUT2D eigenvalue weighted by atomic mass is 16.5. The van der Waals surface area contributed by atoms with Gasteiger partial charge in [-0.05, 0) is 26.7 Å². The number of esters is 1. The summed E-state index contributed by atoms with van der Waals surface area (Å²) in [6.07, 6.45) is 2.01. The van der Waals surface area contributed by atoms with Crippen LogP contribution in [0, 0.1) is 13.8 Å². The van der Waals surface area contributed by atoms with Crippen LogP contribution in [0.3, 0.4) is 0 Å². The molecule has 19 heavy (non-hydrogen) atoms. The van der Waals surface area contributed by atoms with Crippen LogP contribution in [-0.2, 0) is 20.9 Å². The molecule has 0 saturated heterocycles. The molecule has 1 heterocycles. The van der Waals surface area contributed by atoms with Crippen molar-refractivity contribution in [2.24, 2.45) is 0 Å². The van der Waals surface area contributed by atoms with E-state index < -0.39 is 5.97 Å². The molecule has 104 valence electrons. The average molecular weight is 266 g/mol. The summed E-state index contributed by atoms with van der Waals surface area (Å²) in [6, 6.07) is 0.266. The van der Waals surface area contributed by atoms with Crippen LogP contribution in [0.4, 0.5) is 5.69 Å². The first kappa shape index (κ1) is 13.4. The average Bonchev–Trinajstić information content (AvgIpc) is 3.13. The minimum absolute atomic E-state index is 0.0411. The van der Waals surface area contributed by atoms with Crippen molar-refractivity contribution in [3.63, 3.8) is 0 Å². The zero-order valence-electron chi connectivity index (χ0n) is 11.1. The second-order valence-electron chi connectivity index (χ2n) is 4.74. The largest absolute Gasteiger partial charge is 0.454 e. The maximum absolute atomic E-state index is 11.6. The van der Waals surface area contributed by atoms with Crippen LogP contribution in [0.5, 0.6) is 0 Å². The molecular formula is C12H18N4O3. The van der Waals surface area contributed by atoms with Crippen molar-refractivity contribution in [3.05, 3.63) is 11.4 Å². The number of nitrogen functional groups attached to an aromatic ring is 1. The first-order chi connectivity index (χ1) is 8.97. The normalized spacial score (nSPS) is 14.2. The van der Waals surface area contributed by atoms with Crippen molar-refractivity contribution in [2.75, 3.05) is 12.3 Å². The van der Waals surface area contributed by atoms with Crippen LogP contribution in [0.15, 0.2) is 0 Å². The van der Waals surface area contributed by atoms with Crippen molar-refractivity contribution < 1.29 is 14.3 Å². The number of rotatable bonds is 5. The summed E-state index contributed by atoms with van der Waals surface area (Å²) in [5, 5.41) is 6.86. The Bertz CT molecular complexity index is 505. The van der Waals surface area contributed by atoms with Gasteiger partial charge in [-0.3, -0.25) is 14.3 Å². The second-order valence-corrected chi connectivity index (χ2v) is 4.74. The zero-order chi connectivity index (χ0) is 14.0. The lowest BCUT2D eigenvalue weighted by Gasteiger charge is -2.06. The van der Waals surface area contributed by atoms with Gasteiger partial charge >= 0.3 is 5.97 Å². The molecule has 1 aliphatic rings. The fraction of sp³-hybridized carbons (Fsp3) is 0.583. The van der Waals surface area contributed by atoms with Gasteiger partial charge in [-0.2, -0.15) is 5.10 Å². The highest BCUT2D eigenvalue weighted by Crippen LogP contribution is 2.18. The Labute approximate surface area is 111 Å². The van der Waals surface area contributed by atoms with Crippen LogP contribution >= 0.6 is 0 Å². The summed E-state index contributed by atoms with van der Waals surface area (Å²) in [7, 11) is 0. The fourth-order valence-corrected chi connectivity index (χ4v) is 1.68. The molecule has 0 atom stereocenters. The van der Waals surface area contributed by atoms with E-state index in [4.69, 9.17) is 10.5 Å². The Kier molecular flexibility index (Phi) is 3.73. The highest BCUT2D eigenvalue weighted by Gasteiger charge is 2.23. The number of nitrogens with one attached hydrogen (secondary N) is 1. The minimum atomic E-state index is -0.503. The quantitative estimate of drug-likeness (QED) is 0.725. The topological polar surface area (TPSA) is 99.2 Å². The third-order valence-electron chi connectivity index (χ3n) is 3.02. The number of aryl methyl sites for hydroxylation is 1. The first-order valence-corrected chi connectivity index (χ1v) is 6.22. The minimum Gasteiger partial charge on any atom is -0.454 e. The third kappa shape index (κ3) is 3.46. The van der Waals surface area contributed by atoms with Crippen molar-refractivity contribution in [2.45, 2.75) is 39.3 Å². The Morgan fingerprint density at radius 3 is 2.68 bits per heavy atom. The summed E-state index contributed by atoms with van der Waals surface area (Å²) < 4.78 is 6.37. The Hall–Kier alpha value is -2.05. The van der Waals surface area contributed by atoms with Crippen molar-refractivity contribution in [1.29, 1.82) is 0 Å². The standard InChI is InChI=1S/C12H18N4O3/c1-7-12(13)8(2)16(15-7)5-11(18)19-6-10(17)14-9-3-4-9/h9H,3-6,13H2,1-2H3,(H,14,17). The SMILES string of the molecule is Cc1nn(CC(=O)OCC(=O)NC2CC2)c(C)c1N. The Morgan fingerprint density at radius 2 is 2.16 bits per heavy atom. The van der Waals surface area contributed by atoms with Crippen molar-refractivity contribution >= 4 is 17.6 Å². The summed E-state index contributed by atoms with van der Waals surface area (Å²) >= 11 is 0. The molecule has 0 spiro atoms. The van der Waals surface area contributed by atoms with Gasteiger partial charge in [0.15, 0.2) is 6.61 Å². The number of aromatic nitrogens is 2. The molecule has 0 aliphatic heterocycles. The Morgan fingerprint density at radius 1 is 1.47 bits per heavy atom. The second kappa shape index (κ2) is 5.29. The van der Waals surface area contributed by atoms with Crippen molar-refractivity contribution in [1.82, 2.24) is 15.1 Å². The fourth-order valence-electron chi connectivity index (χ4n) is 1.68. The van der Waals surface area contributed by atoms with E-state index in [0.29, 0.717) is 11.4 Å². The molecule has 1 fully saturated rings. The molecule has 7 heteroatoms. The highest BCUT2D eigenvalue weighted by molar-refractivity contribution is 5.80. The summed E-state index contributed by atoms with van der Waals surface area (Å²) in [5.74, 6) is -0.764. The number of carbonyl (C=O) groups is 2. The summed E-state index contributed by atoms with van der Waals surface area (Å²) in [6.45, 7) is 3.26. The van der Waals surface area contributed by atoms with E-state index in [9.17, 15) is 9.59 Å². The maximum Gasteiger partial charge on any atom is 0.328 e. The number of hydrogen-bond acceptors (Lipinski definition) is 5. The number of nitrogens with two attached hydrogens (primary N) is 1. The van der Waals surface area contributed by atoms with E-state index in [1.807, 2.05) is 0 Å². The lowest BCUT2D eigenvalue weighted by molar-refractivity contribution is -0.149. The molecule has 1 amide bonds. The number of anilines is 1. The van der Waals surface area contributed by atoms with Gasteiger partial charge in [0.2, 0.25) is 0 Å². The third-order valence-corrected chi connectivity index (χ3v) is 3.02. The molecule has 0 radical (unpaired) electrons. The van der Waals surface area contributed by atoms with Crippen LogP contribution in [-0.4, -0.2) is 34.3 Å². The lowest BCUT2D eigenvalue weighted by Crippen LogP contribution is -2.31. The van der Waals surface area contributed by atoms with E-state index in [2.05, 4.69) is 10.4 Å². The van der Waals surface area contributed by atoms with Crippen molar-refractivity contribution in [3.8, 4) is 0 Å². The van der Waals surface area contributed by atoms with E-state index in [1.165, 1.54) is 4.68 Å². The van der Waals surface area contributed by atoms with Crippen LogP contribution in [0.1, 0.15) is 24.2 Å². The smallest absolute Gasteiger partial charge is 0.328 e. The van der Waals surface area contributed by atoms with Gasteiger partial charge in [-0.1, -0.05) is 0 Å². The van der Waals surface area contributed by atoms with Crippen LogP contribution < -0.4 is 11.1 Å². The molecule has 1 aliphatic carbocycles. The predicted octanol–water partition coefficient (Wildman–Crippen LogP) is -0.0961. The monoisotopic (exact) mass is 266 g/mol. The van der Waals surface area contributed by atoms with Gasteiger partial charge in [0.1, 0.15) is 6.54 Å². The van der Waals surface area contributed by atoms with E-state index in [-0.39, 0.29) is 25.1 Å². The molecule has 0 aromatic carbocycles. The van der Waals surface area contributed by atoms with Gasteiger partial charge in [0.25, 0.3) is 5.91 Å². The number of nitrogens with zero attached hydrogens (tertiary/aromatic N) is 2. The zero-order valence-corrected chi connectivity index (χ0v) is 11.1. The van der Waals surface area contributed by atoms with Gasteiger partial charge in [-0.25, -0.2) is 0 Å².